The third-order valence-corrected chi connectivity index (χ3v) is 4.33. The second-order valence-corrected chi connectivity index (χ2v) is 6.11. The van der Waals surface area contributed by atoms with Gasteiger partial charge in [-0.25, -0.2) is 0 Å². The molecule has 2 nitrogen and oxygen atoms in total. The van der Waals surface area contributed by atoms with Gasteiger partial charge in [-0.05, 0) is 23.7 Å². The van der Waals surface area contributed by atoms with E-state index in [-0.39, 0.29) is 6.04 Å². The van der Waals surface area contributed by atoms with Crippen LogP contribution in [0.3, 0.4) is 0 Å². The fourth-order valence-corrected chi connectivity index (χ4v) is 3.13. The van der Waals surface area contributed by atoms with Gasteiger partial charge in [-0.1, -0.05) is 91.0 Å². The van der Waals surface area contributed by atoms with E-state index in [9.17, 15) is 5.11 Å². The summed E-state index contributed by atoms with van der Waals surface area (Å²) < 4.78 is 0. The van der Waals surface area contributed by atoms with Gasteiger partial charge >= 0.3 is 0 Å². The first kappa shape index (κ1) is 16.4. The molecule has 3 aromatic rings. The fraction of sp³-hybridized carbons (Fsp3) is 0.182. The highest BCUT2D eigenvalue weighted by molar-refractivity contribution is 5.27. The first-order valence-corrected chi connectivity index (χ1v) is 8.28. The zero-order chi connectivity index (χ0) is 16.8. The van der Waals surface area contributed by atoms with Crippen LogP contribution in [0.4, 0.5) is 0 Å². The van der Waals surface area contributed by atoms with Crippen LogP contribution >= 0.6 is 0 Å². The zero-order valence-corrected chi connectivity index (χ0v) is 13.9. The molecule has 24 heavy (non-hydrogen) atoms. The monoisotopic (exact) mass is 317 g/mol. The van der Waals surface area contributed by atoms with E-state index in [1.165, 1.54) is 5.56 Å². The summed E-state index contributed by atoms with van der Waals surface area (Å²) in [6.45, 7) is 0.782. The smallest absolute Gasteiger partial charge is 0.0986 e. The molecule has 0 fully saturated rings. The molecule has 0 aliphatic heterocycles. The summed E-state index contributed by atoms with van der Waals surface area (Å²) in [5, 5.41) is 11.0. The lowest BCUT2D eigenvalue weighted by atomic mass is 9.94. The van der Waals surface area contributed by atoms with Crippen LogP contribution in [-0.4, -0.2) is 17.1 Å². The molecular formula is C22H23NO. The van der Waals surface area contributed by atoms with E-state index in [1.54, 1.807) is 0 Å². The molecule has 3 aromatic carbocycles. The summed E-state index contributed by atoms with van der Waals surface area (Å²) >= 11 is 0. The summed E-state index contributed by atoms with van der Waals surface area (Å²) in [5.74, 6) is 0. The van der Waals surface area contributed by atoms with Crippen molar-refractivity contribution in [2.24, 2.45) is 0 Å². The Bertz CT molecular complexity index is 728. The average molecular weight is 317 g/mol. The minimum atomic E-state index is -0.581. The first-order chi connectivity index (χ1) is 11.8. The number of nitrogens with zero attached hydrogens (tertiary/aromatic N) is 1. The van der Waals surface area contributed by atoms with Crippen LogP contribution in [0.2, 0.25) is 0 Å². The van der Waals surface area contributed by atoms with Gasteiger partial charge in [-0.3, -0.25) is 4.90 Å². The van der Waals surface area contributed by atoms with E-state index in [0.29, 0.717) is 0 Å². The maximum absolute atomic E-state index is 11.0. The minimum absolute atomic E-state index is 0.103. The molecule has 0 aliphatic carbocycles. The summed E-state index contributed by atoms with van der Waals surface area (Å²) in [6.07, 6.45) is -0.581. The first-order valence-electron chi connectivity index (χ1n) is 8.28. The van der Waals surface area contributed by atoms with E-state index in [1.807, 2.05) is 66.7 Å². The van der Waals surface area contributed by atoms with Crippen LogP contribution in [0.1, 0.15) is 28.8 Å². The van der Waals surface area contributed by atoms with E-state index in [2.05, 4.69) is 36.2 Å². The molecule has 2 atom stereocenters. The van der Waals surface area contributed by atoms with E-state index >= 15 is 0 Å². The number of hydrogen-bond donors (Lipinski definition) is 1. The van der Waals surface area contributed by atoms with Gasteiger partial charge in [0.05, 0.1) is 12.1 Å². The van der Waals surface area contributed by atoms with Crippen molar-refractivity contribution < 1.29 is 5.11 Å². The highest BCUT2D eigenvalue weighted by Crippen LogP contribution is 2.34. The molecule has 0 heterocycles. The lowest BCUT2D eigenvalue weighted by molar-refractivity contribution is 0.0579. The molecule has 0 unspecified atom stereocenters. The predicted molar refractivity (Wildman–Crippen MR) is 98.5 cm³/mol. The third-order valence-electron chi connectivity index (χ3n) is 4.33. The second kappa shape index (κ2) is 7.91. The van der Waals surface area contributed by atoms with Gasteiger partial charge in [-0.2, -0.15) is 0 Å². The summed E-state index contributed by atoms with van der Waals surface area (Å²) in [6, 6.07) is 30.4. The number of likely N-dealkylation sites (N-methyl/N-ethyl adjacent to an activating group) is 1. The van der Waals surface area contributed by atoms with E-state index in [0.717, 1.165) is 17.7 Å². The van der Waals surface area contributed by atoms with E-state index in [4.69, 9.17) is 0 Å². The van der Waals surface area contributed by atoms with Crippen molar-refractivity contribution in [1.29, 1.82) is 0 Å². The average Bonchev–Trinajstić information content (AvgIpc) is 2.64. The fourth-order valence-electron chi connectivity index (χ4n) is 3.13. The Hall–Kier alpha value is -2.42. The number of benzene rings is 3. The second-order valence-electron chi connectivity index (χ2n) is 6.11. The van der Waals surface area contributed by atoms with Crippen LogP contribution in [-0.2, 0) is 6.54 Å². The Morgan fingerprint density at radius 2 is 1.17 bits per heavy atom. The van der Waals surface area contributed by atoms with Crippen LogP contribution in [0.15, 0.2) is 91.0 Å². The Labute approximate surface area is 144 Å². The van der Waals surface area contributed by atoms with Gasteiger partial charge in [0.2, 0.25) is 0 Å². The molecule has 0 aromatic heterocycles. The van der Waals surface area contributed by atoms with Gasteiger partial charge < -0.3 is 5.11 Å². The molecular weight excluding hydrogens is 294 g/mol. The predicted octanol–water partition coefficient (Wildman–Crippen LogP) is 4.59. The lowest BCUT2D eigenvalue weighted by Crippen LogP contribution is -2.29. The zero-order valence-electron chi connectivity index (χ0n) is 13.9. The number of hydrogen-bond acceptors (Lipinski definition) is 2. The lowest BCUT2D eigenvalue weighted by Gasteiger charge is -2.32. The summed E-state index contributed by atoms with van der Waals surface area (Å²) in [4.78, 5) is 2.21. The highest BCUT2D eigenvalue weighted by atomic mass is 16.3. The van der Waals surface area contributed by atoms with Gasteiger partial charge in [0, 0.05) is 6.54 Å². The molecule has 0 bridgehead atoms. The van der Waals surface area contributed by atoms with Crippen LogP contribution in [0.25, 0.3) is 0 Å². The van der Waals surface area contributed by atoms with Gasteiger partial charge in [0.15, 0.2) is 0 Å². The Kier molecular flexibility index (Phi) is 5.42. The Morgan fingerprint density at radius 1 is 0.708 bits per heavy atom. The Balaban J connectivity index is 1.90. The van der Waals surface area contributed by atoms with Gasteiger partial charge in [0.25, 0.3) is 0 Å². The summed E-state index contributed by atoms with van der Waals surface area (Å²) in [5.41, 5.74) is 3.29. The van der Waals surface area contributed by atoms with Crippen molar-refractivity contribution in [3.63, 3.8) is 0 Å². The molecule has 0 aliphatic rings. The highest BCUT2D eigenvalue weighted by Gasteiger charge is 2.26. The molecule has 0 amide bonds. The van der Waals surface area contributed by atoms with Crippen LogP contribution in [0.5, 0.6) is 0 Å². The van der Waals surface area contributed by atoms with Crippen molar-refractivity contribution in [3.05, 3.63) is 108 Å². The van der Waals surface area contributed by atoms with Crippen molar-refractivity contribution in [3.8, 4) is 0 Å². The number of aliphatic hydroxyl groups excluding tert-OH is 1. The van der Waals surface area contributed by atoms with Crippen molar-refractivity contribution in [2.45, 2.75) is 18.7 Å². The van der Waals surface area contributed by atoms with Gasteiger partial charge in [0.1, 0.15) is 0 Å². The Morgan fingerprint density at radius 3 is 1.71 bits per heavy atom. The van der Waals surface area contributed by atoms with Crippen molar-refractivity contribution >= 4 is 0 Å². The molecule has 0 spiro atoms. The SMILES string of the molecule is CN(Cc1ccccc1)[C@H](c1ccccc1)[C@@H](O)c1ccccc1. The van der Waals surface area contributed by atoms with Crippen molar-refractivity contribution in [1.82, 2.24) is 4.90 Å². The molecule has 1 N–H and O–H groups in total. The standard InChI is InChI=1S/C22H23NO/c1-23(17-18-11-5-2-6-12-18)21(19-13-7-3-8-14-19)22(24)20-15-9-4-10-16-20/h2-16,21-22,24H,17H2,1H3/t21-,22+/m1/s1. The third kappa shape index (κ3) is 3.91. The quantitative estimate of drug-likeness (QED) is 0.718. The topological polar surface area (TPSA) is 23.5 Å². The summed E-state index contributed by atoms with van der Waals surface area (Å²) in [7, 11) is 2.07. The number of aliphatic hydroxyl groups is 1. The molecule has 3 rings (SSSR count). The van der Waals surface area contributed by atoms with Crippen LogP contribution in [0, 0.1) is 0 Å². The van der Waals surface area contributed by atoms with Crippen molar-refractivity contribution in [2.75, 3.05) is 7.05 Å². The molecule has 0 saturated heterocycles. The largest absolute Gasteiger partial charge is 0.386 e. The normalized spacial score (nSPS) is 13.6. The number of rotatable bonds is 6. The van der Waals surface area contributed by atoms with Crippen LogP contribution < -0.4 is 0 Å². The molecule has 122 valence electrons. The maximum Gasteiger partial charge on any atom is 0.0986 e. The van der Waals surface area contributed by atoms with Gasteiger partial charge in [-0.15, -0.1) is 0 Å². The molecule has 0 saturated carbocycles. The maximum atomic E-state index is 11.0. The minimum Gasteiger partial charge on any atom is -0.386 e. The van der Waals surface area contributed by atoms with E-state index < -0.39 is 6.10 Å². The molecule has 0 radical (unpaired) electrons. The molecule has 2 heteroatoms.